The predicted molar refractivity (Wildman–Crippen MR) is 60.5 cm³/mol. The lowest BCUT2D eigenvalue weighted by Gasteiger charge is -2.03. The summed E-state index contributed by atoms with van der Waals surface area (Å²) < 4.78 is 5.41. The fraction of sp³-hybridized carbons (Fsp3) is 0.727. The lowest BCUT2D eigenvalue weighted by molar-refractivity contribution is 0.194. The van der Waals surface area contributed by atoms with Crippen molar-refractivity contribution in [3.05, 3.63) is 16.1 Å². The van der Waals surface area contributed by atoms with Crippen LogP contribution in [0.25, 0.3) is 0 Å². The quantitative estimate of drug-likeness (QED) is 0.830. The van der Waals surface area contributed by atoms with Crippen molar-refractivity contribution in [1.29, 1.82) is 0 Å². The van der Waals surface area contributed by atoms with Crippen LogP contribution in [0.2, 0.25) is 0 Å². The molecule has 3 heterocycles. The summed E-state index contributed by atoms with van der Waals surface area (Å²) >= 11 is 1.90. The molecule has 2 aliphatic heterocycles. The van der Waals surface area contributed by atoms with Crippen molar-refractivity contribution in [1.82, 2.24) is 10.3 Å². The van der Waals surface area contributed by atoms with E-state index in [1.54, 1.807) is 0 Å². The van der Waals surface area contributed by atoms with Crippen LogP contribution in [0.3, 0.4) is 0 Å². The van der Waals surface area contributed by atoms with Gasteiger partial charge in [-0.3, -0.25) is 0 Å². The van der Waals surface area contributed by atoms with Crippen LogP contribution in [0.4, 0.5) is 0 Å². The summed E-state index contributed by atoms with van der Waals surface area (Å²) in [7, 11) is 0. The molecule has 0 aliphatic carbocycles. The molecule has 0 amide bonds. The minimum absolute atomic E-state index is 0.616. The minimum Gasteiger partial charge on any atom is -0.381 e. The highest BCUT2D eigenvalue weighted by Crippen LogP contribution is 2.33. The Kier molecular flexibility index (Phi) is 2.73. The molecule has 0 bridgehead atoms. The first kappa shape index (κ1) is 9.75. The zero-order valence-corrected chi connectivity index (χ0v) is 9.55. The molecule has 4 heteroatoms. The van der Waals surface area contributed by atoms with Gasteiger partial charge in [-0.25, -0.2) is 4.98 Å². The smallest absolute Gasteiger partial charge is 0.0971 e. The molecule has 82 valence electrons. The highest BCUT2D eigenvalue weighted by atomic mass is 32.1. The molecule has 3 rings (SSSR count). The summed E-state index contributed by atoms with van der Waals surface area (Å²) in [5.41, 5.74) is 0. The monoisotopic (exact) mass is 224 g/mol. The lowest BCUT2D eigenvalue weighted by Crippen LogP contribution is -2.07. The van der Waals surface area contributed by atoms with E-state index >= 15 is 0 Å². The summed E-state index contributed by atoms with van der Waals surface area (Å²) in [6.07, 6.45) is 4.48. The van der Waals surface area contributed by atoms with Crippen LogP contribution >= 0.6 is 11.3 Å². The second-order valence-corrected chi connectivity index (χ2v) is 5.44. The first-order chi connectivity index (χ1) is 7.43. The molecule has 0 saturated carbocycles. The van der Waals surface area contributed by atoms with E-state index in [9.17, 15) is 0 Å². The van der Waals surface area contributed by atoms with Crippen LogP contribution in [-0.2, 0) is 4.74 Å². The van der Waals surface area contributed by atoms with Gasteiger partial charge in [-0.1, -0.05) is 0 Å². The van der Waals surface area contributed by atoms with Crippen LogP contribution < -0.4 is 5.32 Å². The number of ether oxygens (including phenoxy) is 1. The molecule has 2 aliphatic rings. The van der Waals surface area contributed by atoms with E-state index in [1.807, 2.05) is 11.3 Å². The Morgan fingerprint density at radius 1 is 1.40 bits per heavy atom. The van der Waals surface area contributed by atoms with E-state index in [0.29, 0.717) is 11.8 Å². The Hall–Kier alpha value is -0.450. The second-order valence-electron chi connectivity index (χ2n) is 4.35. The molecule has 2 unspecified atom stereocenters. The van der Waals surface area contributed by atoms with Gasteiger partial charge in [-0.2, -0.15) is 0 Å². The third-order valence-electron chi connectivity index (χ3n) is 3.28. The zero-order chi connectivity index (χ0) is 10.1. The van der Waals surface area contributed by atoms with Gasteiger partial charge in [0.2, 0.25) is 0 Å². The molecule has 1 aromatic rings. The highest BCUT2D eigenvalue weighted by molar-refractivity contribution is 7.11. The van der Waals surface area contributed by atoms with Crippen molar-refractivity contribution in [2.75, 3.05) is 26.3 Å². The van der Waals surface area contributed by atoms with Gasteiger partial charge in [0.05, 0.1) is 11.6 Å². The van der Waals surface area contributed by atoms with Gasteiger partial charge in [0.15, 0.2) is 0 Å². The van der Waals surface area contributed by atoms with Crippen molar-refractivity contribution >= 4 is 11.3 Å². The number of nitrogens with zero attached hydrogens (tertiary/aromatic N) is 1. The van der Waals surface area contributed by atoms with E-state index in [1.165, 1.54) is 22.7 Å². The molecule has 0 spiro atoms. The fourth-order valence-electron chi connectivity index (χ4n) is 2.30. The third-order valence-corrected chi connectivity index (χ3v) is 4.61. The van der Waals surface area contributed by atoms with Crippen molar-refractivity contribution in [2.24, 2.45) is 0 Å². The number of nitrogens with one attached hydrogen (secondary N) is 1. The van der Waals surface area contributed by atoms with Gasteiger partial charge in [0.1, 0.15) is 0 Å². The predicted octanol–water partition coefficient (Wildman–Crippen LogP) is 1.72. The average Bonchev–Trinajstić information content (AvgIpc) is 3.02. The van der Waals surface area contributed by atoms with Gasteiger partial charge in [-0.05, 0) is 19.4 Å². The molecule has 2 fully saturated rings. The van der Waals surface area contributed by atoms with E-state index in [2.05, 4.69) is 16.5 Å². The summed E-state index contributed by atoms with van der Waals surface area (Å²) in [5.74, 6) is 1.27. The maximum absolute atomic E-state index is 5.41. The molecule has 1 aromatic heterocycles. The van der Waals surface area contributed by atoms with Crippen LogP contribution in [0.15, 0.2) is 6.20 Å². The van der Waals surface area contributed by atoms with E-state index in [0.717, 1.165) is 26.3 Å². The summed E-state index contributed by atoms with van der Waals surface area (Å²) in [4.78, 5) is 5.99. The van der Waals surface area contributed by atoms with Gasteiger partial charge in [0.25, 0.3) is 0 Å². The maximum Gasteiger partial charge on any atom is 0.0971 e. The molecular weight excluding hydrogens is 208 g/mol. The molecule has 2 saturated heterocycles. The van der Waals surface area contributed by atoms with Crippen LogP contribution in [0, 0.1) is 0 Å². The fourth-order valence-corrected chi connectivity index (χ4v) is 3.48. The Morgan fingerprint density at radius 3 is 3.13 bits per heavy atom. The number of rotatable bonds is 2. The standard InChI is InChI=1S/C11H16N2OS/c1-3-12-5-8(1)11-13-6-10(15-11)9-2-4-14-7-9/h6,8-9,12H,1-5,7H2. The first-order valence-corrected chi connectivity index (χ1v) is 6.49. The Balaban J connectivity index is 1.74. The third kappa shape index (κ3) is 1.94. The highest BCUT2D eigenvalue weighted by Gasteiger charge is 2.24. The van der Waals surface area contributed by atoms with Gasteiger partial charge in [-0.15, -0.1) is 11.3 Å². The van der Waals surface area contributed by atoms with E-state index < -0.39 is 0 Å². The van der Waals surface area contributed by atoms with Crippen LogP contribution in [0.1, 0.15) is 34.6 Å². The van der Waals surface area contributed by atoms with E-state index in [4.69, 9.17) is 4.74 Å². The van der Waals surface area contributed by atoms with Crippen molar-refractivity contribution < 1.29 is 4.74 Å². The summed E-state index contributed by atoms with van der Waals surface area (Å²) in [6, 6.07) is 0. The maximum atomic E-state index is 5.41. The first-order valence-electron chi connectivity index (χ1n) is 5.67. The molecule has 2 atom stereocenters. The summed E-state index contributed by atoms with van der Waals surface area (Å²) in [6.45, 7) is 4.06. The Morgan fingerprint density at radius 2 is 2.40 bits per heavy atom. The average molecular weight is 224 g/mol. The number of aromatic nitrogens is 1. The minimum atomic E-state index is 0.616. The molecular formula is C11H16N2OS. The molecule has 1 N–H and O–H groups in total. The second kappa shape index (κ2) is 4.20. The lowest BCUT2D eigenvalue weighted by atomic mass is 10.1. The normalized spacial score (nSPS) is 31.2. The number of thiazole rings is 1. The van der Waals surface area contributed by atoms with Gasteiger partial charge >= 0.3 is 0 Å². The summed E-state index contributed by atoms with van der Waals surface area (Å²) in [5, 5.41) is 4.71. The van der Waals surface area contributed by atoms with Crippen LogP contribution in [-0.4, -0.2) is 31.3 Å². The SMILES string of the molecule is c1nc(C2CCNC2)sc1C1CCOC1. The topological polar surface area (TPSA) is 34.2 Å². The molecule has 0 radical (unpaired) electrons. The van der Waals surface area contributed by atoms with Crippen molar-refractivity contribution in [2.45, 2.75) is 24.7 Å². The zero-order valence-electron chi connectivity index (χ0n) is 8.74. The van der Waals surface area contributed by atoms with Crippen molar-refractivity contribution in [3.63, 3.8) is 0 Å². The van der Waals surface area contributed by atoms with E-state index in [-0.39, 0.29) is 0 Å². The Bertz CT molecular complexity index is 297. The molecule has 3 nitrogen and oxygen atoms in total. The molecule has 15 heavy (non-hydrogen) atoms. The van der Waals surface area contributed by atoms with Gasteiger partial charge < -0.3 is 10.1 Å². The largest absolute Gasteiger partial charge is 0.381 e. The van der Waals surface area contributed by atoms with Gasteiger partial charge in [0, 0.05) is 36.1 Å². The van der Waals surface area contributed by atoms with Crippen molar-refractivity contribution in [3.8, 4) is 0 Å². The number of hydrogen-bond acceptors (Lipinski definition) is 4. The Labute approximate surface area is 93.9 Å². The van der Waals surface area contributed by atoms with Crippen LogP contribution in [0.5, 0.6) is 0 Å². The molecule has 0 aromatic carbocycles. The number of hydrogen-bond donors (Lipinski definition) is 1.